The Labute approximate surface area is 143 Å². The number of halogens is 1. The van der Waals surface area contributed by atoms with Gasteiger partial charge in [-0.05, 0) is 20.8 Å². The van der Waals surface area contributed by atoms with E-state index in [4.69, 9.17) is 25.4 Å². The van der Waals surface area contributed by atoms with Gasteiger partial charge in [-0.3, -0.25) is 18.9 Å². The van der Waals surface area contributed by atoms with Crippen LogP contribution < -0.4 is 11.2 Å². The van der Waals surface area contributed by atoms with Gasteiger partial charge in [0.1, 0.15) is 17.1 Å². The summed E-state index contributed by atoms with van der Waals surface area (Å²) in [6.45, 7) is 4.46. The van der Waals surface area contributed by atoms with Gasteiger partial charge in [0.15, 0.2) is 6.23 Å². The number of aromatic nitrogens is 2. The number of nitrogens with zero attached hydrogens (tertiary/aromatic N) is 1. The lowest BCUT2D eigenvalue weighted by Crippen LogP contribution is -2.43. The van der Waals surface area contributed by atoms with Crippen molar-refractivity contribution in [1.29, 1.82) is 0 Å². The highest BCUT2D eigenvalue weighted by atomic mass is 35.5. The summed E-state index contributed by atoms with van der Waals surface area (Å²) < 4.78 is 29.1. The Morgan fingerprint density at radius 3 is 2.75 bits per heavy atom. The van der Waals surface area contributed by atoms with Crippen molar-refractivity contribution in [3.63, 3.8) is 0 Å². The van der Waals surface area contributed by atoms with Crippen molar-refractivity contribution in [3.05, 3.63) is 33.1 Å². The first kappa shape index (κ1) is 19.4. The van der Waals surface area contributed by atoms with Crippen molar-refractivity contribution >= 4 is 19.9 Å². The Morgan fingerprint density at radius 1 is 1.54 bits per heavy atom. The molecule has 0 bridgehead atoms. The van der Waals surface area contributed by atoms with Crippen LogP contribution in [-0.2, 0) is 18.3 Å². The van der Waals surface area contributed by atoms with E-state index in [-0.39, 0.29) is 6.10 Å². The second-order valence-corrected chi connectivity index (χ2v) is 7.62. The lowest BCUT2D eigenvalue weighted by molar-refractivity contribution is -0.0447. The van der Waals surface area contributed by atoms with E-state index in [1.807, 2.05) is 0 Å². The van der Waals surface area contributed by atoms with Gasteiger partial charge in [0.2, 0.25) is 0 Å². The molecule has 1 saturated heterocycles. The number of aromatic amines is 1. The number of hydrogen-bond acceptors (Lipinski definition) is 7. The Morgan fingerprint density at radius 2 is 2.21 bits per heavy atom. The summed E-state index contributed by atoms with van der Waals surface area (Å²) in [5, 5.41) is 9.50. The molecule has 1 fully saturated rings. The molecule has 2 rings (SSSR count). The standard InChI is InChI=1S/C13H20ClN2O7P/c1-7(2)22-24(20)23-10-8(6-17)21-11(13(10,3)14)16-5-4-9(18)15-12(16)19/h4-5,7-8,10-11,17,24H,6H2,1-3H3,(H,15,18,19)/t8-,10-,11-,13-/m1/s1. The number of alkyl halides is 1. The molecular formula is C13H20ClN2O7P. The van der Waals surface area contributed by atoms with Gasteiger partial charge in [-0.2, -0.15) is 0 Å². The third-order valence-electron chi connectivity index (χ3n) is 3.52. The number of aliphatic hydroxyl groups is 1. The number of aliphatic hydroxyl groups excluding tert-OH is 1. The molecule has 136 valence electrons. The van der Waals surface area contributed by atoms with Crippen LogP contribution in [0.1, 0.15) is 27.0 Å². The number of nitrogens with one attached hydrogen (secondary N) is 1. The van der Waals surface area contributed by atoms with Crippen molar-refractivity contribution in [2.45, 2.75) is 50.2 Å². The Bertz CT molecular complexity index is 717. The molecule has 0 radical (unpaired) electrons. The minimum absolute atomic E-state index is 0.314. The number of hydrogen-bond donors (Lipinski definition) is 2. The van der Waals surface area contributed by atoms with Gasteiger partial charge in [-0.1, -0.05) is 0 Å². The van der Waals surface area contributed by atoms with E-state index in [0.717, 1.165) is 10.6 Å². The number of rotatable bonds is 6. The van der Waals surface area contributed by atoms with Gasteiger partial charge >= 0.3 is 13.9 Å². The first-order valence-corrected chi connectivity index (χ1v) is 8.91. The van der Waals surface area contributed by atoms with Crippen molar-refractivity contribution in [1.82, 2.24) is 9.55 Å². The topological polar surface area (TPSA) is 120 Å². The van der Waals surface area contributed by atoms with Crippen molar-refractivity contribution in [2.75, 3.05) is 6.61 Å². The van der Waals surface area contributed by atoms with E-state index in [9.17, 15) is 19.3 Å². The maximum absolute atomic E-state index is 12.0. The second kappa shape index (κ2) is 7.51. The molecule has 0 aromatic carbocycles. The Hall–Kier alpha value is -0.960. The summed E-state index contributed by atoms with van der Waals surface area (Å²) in [6, 6.07) is 1.14. The van der Waals surface area contributed by atoms with Crippen molar-refractivity contribution in [3.8, 4) is 0 Å². The van der Waals surface area contributed by atoms with Gasteiger partial charge in [0, 0.05) is 12.3 Å². The Kier molecular flexibility index (Phi) is 6.06. The zero-order chi connectivity index (χ0) is 18.1. The number of ether oxygens (including phenoxy) is 1. The molecule has 1 aromatic rings. The van der Waals surface area contributed by atoms with Gasteiger partial charge in [0.25, 0.3) is 5.56 Å². The fourth-order valence-corrected chi connectivity index (χ4v) is 3.94. The molecule has 1 aromatic heterocycles. The lowest BCUT2D eigenvalue weighted by atomic mass is 10.0. The monoisotopic (exact) mass is 382 g/mol. The molecule has 0 amide bonds. The molecule has 5 atom stereocenters. The largest absolute Gasteiger partial charge is 0.394 e. The molecular weight excluding hydrogens is 363 g/mol. The zero-order valence-electron chi connectivity index (χ0n) is 13.4. The Balaban J connectivity index is 2.31. The molecule has 2 N–H and O–H groups in total. The van der Waals surface area contributed by atoms with E-state index in [1.165, 1.54) is 13.1 Å². The highest BCUT2D eigenvalue weighted by Gasteiger charge is 2.55. The highest BCUT2D eigenvalue weighted by Crippen LogP contribution is 2.47. The fourth-order valence-electron chi connectivity index (χ4n) is 2.48. The normalized spacial score (nSPS) is 31.5. The minimum atomic E-state index is -2.88. The maximum Gasteiger partial charge on any atom is 0.330 e. The highest BCUT2D eigenvalue weighted by molar-refractivity contribution is 7.33. The first-order valence-electron chi connectivity index (χ1n) is 7.30. The van der Waals surface area contributed by atoms with Crippen molar-refractivity contribution < 1.29 is 23.5 Å². The van der Waals surface area contributed by atoms with Crippen molar-refractivity contribution in [2.24, 2.45) is 0 Å². The van der Waals surface area contributed by atoms with Gasteiger partial charge < -0.3 is 18.9 Å². The van der Waals surface area contributed by atoms with Crippen LogP contribution in [-0.4, -0.2) is 44.5 Å². The second-order valence-electron chi connectivity index (χ2n) is 5.83. The first-order chi connectivity index (χ1) is 11.2. The zero-order valence-corrected chi connectivity index (χ0v) is 15.1. The molecule has 9 nitrogen and oxygen atoms in total. The summed E-state index contributed by atoms with van der Waals surface area (Å²) >= 11 is 6.51. The summed E-state index contributed by atoms with van der Waals surface area (Å²) in [5.41, 5.74) is -1.28. The lowest BCUT2D eigenvalue weighted by Gasteiger charge is -2.29. The molecule has 11 heteroatoms. The van der Waals surface area contributed by atoms with E-state index < -0.39 is 49.4 Å². The third-order valence-corrected chi connectivity index (χ3v) is 5.03. The summed E-state index contributed by atoms with van der Waals surface area (Å²) in [4.78, 5) is 23.9. The predicted octanol–water partition coefficient (Wildman–Crippen LogP) is 0.624. The molecule has 24 heavy (non-hydrogen) atoms. The summed E-state index contributed by atoms with van der Waals surface area (Å²) in [6.07, 6.45) is -2.03. The molecule has 1 aliphatic rings. The minimum Gasteiger partial charge on any atom is -0.394 e. The van der Waals surface area contributed by atoms with Crippen LogP contribution in [0.3, 0.4) is 0 Å². The van der Waals surface area contributed by atoms with E-state index >= 15 is 0 Å². The smallest absolute Gasteiger partial charge is 0.330 e. The molecule has 0 saturated carbocycles. The van der Waals surface area contributed by atoms with Crippen LogP contribution in [0.2, 0.25) is 0 Å². The average Bonchev–Trinajstić information content (AvgIpc) is 2.70. The molecule has 1 aliphatic heterocycles. The average molecular weight is 383 g/mol. The van der Waals surface area contributed by atoms with E-state index in [1.54, 1.807) is 13.8 Å². The van der Waals surface area contributed by atoms with Gasteiger partial charge in [-0.25, -0.2) is 4.79 Å². The predicted molar refractivity (Wildman–Crippen MR) is 86.7 cm³/mol. The van der Waals surface area contributed by atoms with E-state index in [0.29, 0.717) is 0 Å². The maximum atomic E-state index is 12.0. The van der Waals surface area contributed by atoms with E-state index in [2.05, 4.69) is 4.98 Å². The quantitative estimate of drug-likeness (QED) is 0.546. The molecule has 1 unspecified atom stereocenters. The SMILES string of the molecule is CC(C)O[PH](=O)O[C@@H]1[C@@H](CO)O[C@@H](n2ccc(=O)[nH]c2=O)[C@]1(C)Cl. The molecule has 0 spiro atoms. The van der Waals surface area contributed by atoms with Gasteiger partial charge in [0.05, 0.1) is 12.7 Å². The number of H-pyrrole nitrogens is 1. The molecule has 2 heterocycles. The summed E-state index contributed by atoms with van der Waals surface area (Å²) in [7, 11) is -2.88. The van der Waals surface area contributed by atoms with Crippen LogP contribution >= 0.6 is 19.9 Å². The van der Waals surface area contributed by atoms with Crippen LogP contribution in [0.4, 0.5) is 0 Å². The van der Waals surface area contributed by atoms with Crippen LogP contribution in [0, 0.1) is 0 Å². The fraction of sp³-hybridized carbons (Fsp3) is 0.692. The summed E-state index contributed by atoms with van der Waals surface area (Å²) in [5.74, 6) is 0. The van der Waals surface area contributed by atoms with Crippen LogP contribution in [0.15, 0.2) is 21.9 Å². The van der Waals surface area contributed by atoms with Crippen LogP contribution in [0.25, 0.3) is 0 Å². The molecule has 0 aliphatic carbocycles. The van der Waals surface area contributed by atoms with Gasteiger partial charge in [-0.15, -0.1) is 11.6 Å². The third kappa shape index (κ3) is 3.99. The van der Waals surface area contributed by atoms with Crippen LogP contribution in [0.5, 0.6) is 0 Å².